The number of carbonyl (C=O) groups is 1. The number of rotatable bonds is 3. The van der Waals surface area contributed by atoms with Crippen LogP contribution >= 0.6 is 0 Å². The number of nitrogens with zero attached hydrogens (tertiary/aromatic N) is 3. The van der Waals surface area contributed by atoms with E-state index < -0.39 is 5.60 Å². The van der Waals surface area contributed by atoms with Crippen LogP contribution in [0.4, 0.5) is 11.6 Å². The third-order valence-electron chi connectivity index (χ3n) is 4.70. The summed E-state index contributed by atoms with van der Waals surface area (Å²) in [6, 6.07) is 9.66. The molecule has 2 saturated heterocycles. The van der Waals surface area contributed by atoms with Gasteiger partial charge in [-0.25, -0.2) is 9.97 Å². The van der Waals surface area contributed by atoms with Crippen molar-refractivity contribution in [2.45, 2.75) is 5.60 Å². The molecule has 27 heavy (non-hydrogen) atoms. The van der Waals surface area contributed by atoms with Gasteiger partial charge in [-0.3, -0.25) is 4.79 Å². The Morgan fingerprint density at radius 1 is 1.19 bits per heavy atom. The van der Waals surface area contributed by atoms with Gasteiger partial charge in [0.25, 0.3) is 5.91 Å². The average Bonchev–Trinajstić information content (AvgIpc) is 2.94. The number of ether oxygens (including phenoxy) is 2. The molecule has 3 heterocycles. The summed E-state index contributed by atoms with van der Waals surface area (Å²) >= 11 is 0. The van der Waals surface area contributed by atoms with Gasteiger partial charge in [0.15, 0.2) is 0 Å². The van der Waals surface area contributed by atoms with Gasteiger partial charge in [0.1, 0.15) is 5.60 Å². The lowest BCUT2D eigenvalue weighted by molar-refractivity contribution is -0.125. The van der Waals surface area contributed by atoms with Crippen molar-refractivity contribution in [2.24, 2.45) is 0 Å². The van der Waals surface area contributed by atoms with E-state index in [9.17, 15) is 4.79 Å². The third kappa shape index (κ3) is 4.24. The predicted molar refractivity (Wildman–Crippen MR) is 100 cm³/mol. The van der Waals surface area contributed by atoms with Gasteiger partial charge in [-0.15, -0.1) is 0 Å². The van der Waals surface area contributed by atoms with Crippen LogP contribution < -0.4 is 10.6 Å². The Hall–Kier alpha value is -2.55. The van der Waals surface area contributed by atoms with Crippen LogP contribution in [0.2, 0.25) is 0 Å². The predicted octanol–water partition coefficient (Wildman–Crippen LogP) is 1.05. The zero-order valence-electron chi connectivity index (χ0n) is 15.1. The van der Waals surface area contributed by atoms with Crippen LogP contribution in [0.3, 0.4) is 0 Å². The zero-order valence-corrected chi connectivity index (χ0v) is 15.1. The Balaban J connectivity index is 1.42. The monoisotopic (exact) mass is 369 g/mol. The number of nitrogens with one attached hydrogen (secondary N) is 2. The molecule has 0 radical (unpaired) electrons. The van der Waals surface area contributed by atoms with E-state index in [1.165, 1.54) is 0 Å². The number of morpholine rings is 1. The highest BCUT2D eigenvalue weighted by atomic mass is 16.5. The van der Waals surface area contributed by atoms with Crippen molar-refractivity contribution in [3.63, 3.8) is 0 Å². The highest BCUT2D eigenvalue weighted by Crippen LogP contribution is 2.21. The maximum Gasteiger partial charge on any atom is 0.257 e. The quantitative estimate of drug-likeness (QED) is 0.836. The molecule has 0 bridgehead atoms. The Labute approximate surface area is 157 Å². The molecule has 1 aromatic heterocycles. The summed E-state index contributed by atoms with van der Waals surface area (Å²) in [7, 11) is 0. The SMILES string of the molecule is O=C(c1cnc(Nc2ccccc2)nc1)N1CCO[C@@]2(CNCCOC2)C1. The van der Waals surface area contributed by atoms with Crippen molar-refractivity contribution < 1.29 is 14.3 Å². The number of para-hydroxylation sites is 1. The van der Waals surface area contributed by atoms with Crippen LogP contribution in [0.15, 0.2) is 42.7 Å². The van der Waals surface area contributed by atoms with E-state index >= 15 is 0 Å². The van der Waals surface area contributed by atoms with Crippen LogP contribution in [0.5, 0.6) is 0 Å². The van der Waals surface area contributed by atoms with Crippen LogP contribution in [-0.4, -0.2) is 72.4 Å². The van der Waals surface area contributed by atoms with Gasteiger partial charge in [-0.1, -0.05) is 18.2 Å². The minimum atomic E-state index is -0.486. The number of carbonyl (C=O) groups excluding carboxylic acids is 1. The molecule has 2 aliphatic heterocycles. The maximum atomic E-state index is 12.9. The van der Waals surface area contributed by atoms with Crippen molar-refractivity contribution in [3.05, 3.63) is 48.3 Å². The Bertz CT molecular complexity index is 761. The minimum absolute atomic E-state index is 0.0896. The number of benzene rings is 1. The van der Waals surface area contributed by atoms with Gasteiger partial charge in [-0.05, 0) is 12.1 Å². The first-order valence-electron chi connectivity index (χ1n) is 9.10. The second-order valence-electron chi connectivity index (χ2n) is 6.77. The molecule has 1 amide bonds. The molecule has 0 unspecified atom stereocenters. The molecule has 4 rings (SSSR count). The van der Waals surface area contributed by atoms with Gasteiger partial charge in [0, 0.05) is 37.7 Å². The lowest BCUT2D eigenvalue weighted by Crippen LogP contribution is -2.59. The van der Waals surface area contributed by atoms with E-state index in [-0.39, 0.29) is 5.91 Å². The van der Waals surface area contributed by atoms with Crippen LogP contribution in [-0.2, 0) is 9.47 Å². The highest BCUT2D eigenvalue weighted by Gasteiger charge is 2.39. The molecular weight excluding hydrogens is 346 g/mol. The molecule has 1 spiro atoms. The molecule has 2 fully saturated rings. The first-order valence-corrected chi connectivity index (χ1v) is 9.10. The normalized spacial score (nSPS) is 23.0. The van der Waals surface area contributed by atoms with E-state index in [0.717, 1.165) is 12.2 Å². The van der Waals surface area contributed by atoms with E-state index in [0.29, 0.717) is 51.0 Å². The van der Waals surface area contributed by atoms with Crippen LogP contribution in [0.1, 0.15) is 10.4 Å². The summed E-state index contributed by atoms with van der Waals surface area (Å²) in [6.45, 7) is 4.14. The molecule has 1 atom stereocenters. The fourth-order valence-electron chi connectivity index (χ4n) is 3.32. The van der Waals surface area contributed by atoms with E-state index in [1.807, 2.05) is 30.3 Å². The van der Waals surface area contributed by atoms with Gasteiger partial charge < -0.3 is 25.0 Å². The summed E-state index contributed by atoms with van der Waals surface area (Å²) < 4.78 is 11.6. The highest BCUT2D eigenvalue weighted by molar-refractivity contribution is 5.93. The molecule has 2 N–H and O–H groups in total. The first kappa shape index (κ1) is 17.8. The molecule has 0 aliphatic carbocycles. The number of hydrogen-bond donors (Lipinski definition) is 2. The van der Waals surface area contributed by atoms with Crippen molar-refractivity contribution in [1.29, 1.82) is 0 Å². The average molecular weight is 369 g/mol. The fourth-order valence-corrected chi connectivity index (χ4v) is 3.32. The van der Waals surface area contributed by atoms with Crippen LogP contribution in [0, 0.1) is 0 Å². The van der Waals surface area contributed by atoms with Gasteiger partial charge in [0.05, 0.1) is 31.9 Å². The summed E-state index contributed by atoms with van der Waals surface area (Å²) in [5.41, 5.74) is 0.876. The van der Waals surface area contributed by atoms with E-state index in [2.05, 4.69) is 20.6 Å². The summed E-state index contributed by atoms with van der Waals surface area (Å²) in [5.74, 6) is 0.366. The zero-order chi connectivity index (χ0) is 18.5. The second kappa shape index (κ2) is 7.99. The van der Waals surface area contributed by atoms with Crippen LogP contribution in [0.25, 0.3) is 0 Å². The second-order valence-corrected chi connectivity index (χ2v) is 6.77. The Kier molecular flexibility index (Phi) is 5.28. The van der Waals surface area contributed by atoms with Crippen molar-refractivity contribution in [3.8, 4) is 0 Å². The molecule has 1 aromatic carbocycles. The van der Waals surface area contributed by atoms with E-state index in [4.69, 9.17) is 9.47 Å². The lowest BCUT2D eigenvalue weighted by Gasteiger charge is -2.41. The Morgan fingerprint density at radius 2 is 2.00 bits per heavy atom. The molecule has 142 valence electrons. The Morgan fingerprint density at radius 3 is 2.81 bits per heavy atom. The molecule has 8 heteroatoms. The van der Waals surface area contributed by atoms with Crippen molar-refractivity contribution in [2.75, 3.05) is 51.3 Å². The largest absolute Gasteiger partial charge is 0.377 e. The molecular formula is C19H23N5O3. The molecule has 2 aromatic rings. The van der Waals surface area contributed by atoms with Gasteiger partial charge >= 0.3 is 0 Å². The first-order chi connectivity index (χ1) is 13.2. The molecule has 8 nitrogen and oxygen atoms in total. The maximum absolute atomic E-state index is 12.9. The summed E-state index contributed by atoms with van der Waals surface area (Å²) in [4.78, 5) is 23.2. The van der Waals surface area contributed by atoms with Gasteiger partial charge in [-0.2, -0.15) is 0 Å². The smallest absolute Gasteiger partial charge is 0.257 e. The molecule has 0 saturated carbocycles. The summed E-state index contributed by atoms with van der Waals surface area (Å²) in [6.07, 6.45) is 3.12. The van der Waals surface area contributed by atoms with E-state index in [1.54, 1.807) is 17.3 Å². The summed E-state index contributed by atoms with van der Waals surface area (Å²) in [5, 5.41) is 6.43. The van der Waals surface area contributed by atoms with Crippen molar-refractivity contribution in [1.82, 2.24) is 20.2 Å². The number of amides is 1. The number of anilines is 2. The standard InChI is InChI=1S/C19H23N5O3/c25-17(24-7-9-27-19(13-24)12-20-6-8-26-14-19)15-10-21-18(22-11-15)23-16-4-2-1-3-5-16/h1-5,10-11,20H,6-9,12-14H2,(H,21,22,23)/t19-/m0/s1. The topological polar surface area (TPSA) is 88.6 Å². The minimum Gasteiger partial charge on any atom is -0.377 e. The molecule has 2 aliphatic rings. The number of aromatic nitrogens is 2. The lowest BCUT2D eigenvalue weighted by atomic mass is 10.0. The fraction of sp³-hybridized carbons (Fsp3) is 0.421. The van der Waals surface area contributed by atoms with Crippen molar-refractivity contribution >= 4 is 17.5 Å². The number of hydrogen-bond acceptors (Lipinski definition) is 7. The third-order valence-corrected chi connectivity index (χ3v) is 4.70. The van der Waals surface area contributed by atoms with Gasteiger partial charge in [0.2, 0.25) is 5.95 Å².